The van der Waals surface area contributed by atoms with Gasteiger partial charge < -0.3 is 0 Å². The van der Waals surface area contributed by atoms with E-state index in [2.05, 4.69) is 10.3 Å². The van der Waals surface area contributed by atoms with E-state index in [9.17, 15) is 4.79 Å². The molecule has 20 heavy (non-hydrogen) atoms. The Morgan fingerprint density at radius 2 is 1.75 bits per heavy atom. The first-order chi connectivity index (χ1) is 9.79. The SMILES string of the molecule is CNC1N=C(c2ccccc2)c2ccccc2CC1=O. The largest absolute Gasteiger partial charge is 0.295 e. The summed E-state index contributed by atoms with van der Waals surface area (Å²) in [5, 5.41) is 2.99. The van der Waals surface area contributed by atoms with Gasteiger partial charge in [-0.25, -0.2) is 0 Å². The van der Waals surface area contributed by atoms with Crippen molar-refractivity contribution in [2.45, 2.75) is 12.6 Å². The Balaban J connectivity index is 2.20. The zero-order valence-electron chi connectivity index (χ0n) is 11.3. The van der Waals surface area contributed by atoms with E-state index in [4.69, 9.17) is 0 Å². The van der Waals surface area contributed by atoms with Crippen molar-refractivity contribution in [3.05, 3.63) is 71.3 Å². The van der Waals surface area contributed by atoms with E-state index in [0.29, 0.717) is 6.42 Å². The molecule has 0 saturated carbocycles. The molecule has 3 heteroatoms. The first-order valence-corrected chi connectivity index (χ1v) is 6.71. The first-order valence-electron chi connectivity index (χ1n) is 6.71. The molecule has 1 heterocycles. The predicted molar refractivity (Wildman–Crippen MR) is 80.1 cm³/mol. The second kappa shape index (κ2) is 5.39. The van der Waals surface area contributed by atoms with Gasteiger partial charge in [0.15, 0.2) is 11.9 Å². The van der Waals surface area contributed by atoms with Crippen LogP contribution in [-0.4, -0.2) is 24.7 Å². The molecule has 0 fully saturated rings. The number of rotatable bonds is 2. The van der Waals surface area contributed by atoms with Crippen molar-refractivity contribution in [1.82, 2.24) is 5.32 Å². The van der Waals surface area contributed by atoms with Crippen LogP contribution in [0.3, 0.4) is 0 Å². The van der Waals surface area contributed by atoms with E-state index in [1.807, 2.05) is 54.6 Å². The fourth-order valence-corrected chi connectivity index (χ4v) is 2.51. The molecule has 2 aromatic rings. The molecular formula is C17H16N2O. The van der Waals surface area contributed by atoms with Crippen LogP contribution in [0.2, 0.25) is 0 Å². The number of likely N-dealkylation sites (N-methyl/N-ethyl adjacent to an activating group) is 1. The van der Waals surface area contributed by atoms with Crippen molar-refractivity contribution < 1.29 is 4.79 Å². The number of benzene rings is 2. The number of carbonyl (C=O) groups excluding carboxylic acids is 1. The van der Waals surface area contributed by atoms with Gasteiger partial charge in [0.2, 0.25) is 0 Å². The van der Waals surface area contributed by atoms with Gasteiger partial charge in [0, 0.05) is 17.5 Å². The summed E-state index contributed by atoms with van der Waals surface area (Å²) < 4.78 is 0. The molecule has 1 unspecified atom stereocenters. The van der Waals surface area contributed by atoms with E-state index in [1.165, 1.54) is 0 Å². The van der Waals surface area contributed by atoms with E-state index in [0.717, 1.165) is 22.4 Å². The normalized spacial score (nSPS) is 18.1. The summed E-state index contributed by atoms with van der Waals surface area (Å²) in [5.74, 6) is 0.103. The molecule has 3 nitrogen and oxygen atoms in total. The molecule has 1 N–H and O–H groups in total. The summed E-state index contributed by atoms with van der Waals surface area (Å²) in [7, 11) is 1.77. The van der Waals surface area contributed by atoms with E-state index in [-0.39, 0.29) is 5.78 Å². The van der Waals surface area contributed by atoms with Gasteiger partial charge in [-0.15, -0.1) is 0 Å². The second-order valence-corrected chi connectivity index (χ2v) is 4.84. The quantitative estimate of drug-likeness (QED) is 0.903. The Bertz CT molecular complexity index is 662. The van der Waals surface area contributed by atoms with Crippen LogP contribution < -0.4 is 5.32 Å². The molecular weight excluding hydrogens is 248 g/mol. The van der Waals surface area contributed by atoms with E-state index >= 15 is 0 Å². The second-order valence-electron chi connectivity index (χ2n) is 4.84. The molecule has 0 aliphatic carbocycles. The molecule has 0 spiro atoms. The minimum atomic E-state index is -0.474. The first kappa shape index (κ1) is 12.8. The standard InChI is InChI=1S/C17H16N2O/c1-18-17-15(20)11-13-9-5-6-10-14(13)16(19-17)12-7-3-2-4-8-12/h2-10,17-18H,11H2,1H3. The molecule has 0 radical (unpaired) electrons. The third-order valence-electron chi connectivity index (χ3n) is 3.52. The van der Waals surface area contributed by atoms with Gasteiger partial charge in [0.1, 0.15) is 0 Å². The van der Waals surface area contributed by atoms with Gasteiger partial charge in [-0.05, 0) is 12.6 Å². The molecule has 1 aliphatic heterocycles. The lowest BCUT2D eigenvalue weighted by Crippen LogP contribution is -2.33. The highest BCUT2D eigenvalue weighted by atomic mass is 16.1. The Morgan fingerprint density at radius 3 is 2.50 bits per heavy atom. The molecule has 0 amide bonds. The maximum Gasteiger partial charge on any atom is 0.176 e. The van der Waals surface area contributed by atoms with Crippen molar-refractivity contribution in [3.8, 4) is 0 Å². The lowest BCUT2D eigenvalue weighted by atomic mass is 9.96. The summed E-state index contributed by atoms with van der Waals surface area (Å²) in [6.07, 6.45) is -0.0563. The number of carbonyl (C=O) groups is 1. The highest BCUT2D eigenvalue weighted by molar-refractivity contribution is 6.16. The van der Waals surface area contributed by atoms with Crippen LogP contribution in [0.4, 0.5) is 0 Å². The molecule has 0 bridgehead atoms. The zero-order valence-corrected chi connectivity index (χ0v) is 11.3. The topological polar surface area (TPSA) is 41.5 Å². The van der Waals surface area contributed by atoms with Crippen LogP contribution in [0.5, 0.6) is 0 Å². The molecule has 0 aromatic heterocycles. The summed E-state index contributed by atoms with van der Waals surface area (Å²) in [4.78, 5) is 16.9. The number of hydrogen-bond donors (Lipinski definition) is 1. The Kier molecular flexibility index (Phi) is 3.44. The van der Waals surface area contributed by atoms with Gasteiger partial charge >= 0.3 is 0 Å². The van der Waals surface area contributed by atoms with Gasteiger partial charge in [-0.2, -0.15) is 0 Å². The smallest absolute Gasteiger partial charge is 0.176 e. The van der Waals surface area contributed by atoms with E-state index < -0.39 is 6.17 Å². The summed E-state index contributed by atoms with van der Waals surface area (Å²) in [6, 6.07) is 18.0. The van der Waals surface area contributed by atoms with Crippen LogP contribution in [0.15, 0.2) is 59.6 Å². The molecule has 2 aromatic carbocycles. The number of nitrogens with one attached hydrogen (secondary N) is 1. The van der Waals surface area contributed by atoms with Gasteiger partial charge in [0.25, 0.3) is 0 Å². The Morgan fingerprint density at radius 1 is 1.05 bits per heavy atom. The van der Waals surface area contributed by atoms with Crippen LogP contribution in [0.1, 0.15) is 16.7 Å². The minimum Gasteiger partial charge on any atom is -0.295 e. The average Bonchev–Trinajstić information content (AvgIpc) is 2.64. The third kappa shape index (κ3) is 2.28. The maximum absolute atomic E-state index is 12.2. The van der Waals surface area contributed by atoms with Crippen molar-refractivity contribution in [2.24, 2.45) is 4.99 Å². The van der Waals surface area contributed by atoms with Crippen molar-refractivity contribution in [1.29, 1.82) is 0 Å². The van der Waals surface area contributed by atoms with Gasteiger partial charge in [0.05, 0.1) is 5.71 Å². The number of aliphatic imine (C=N–C) groups is 1. The fourth-order valence-electron chi connectivity index (χ4n) is 2.51. The maximum atomic E-state index is 12.2. The van der Waals surface area contributed by atoms with Gasteiger partial charge in [-0.1, -0.05) is 54.6 Å². The molecule has 1 aliphatic rings. The van der Waals surface area contributed by atoms with E-state index in [1.54, 1.807) is 7.05 Å². The van der Waals surface area contributed by atoms with Gasteiger partial charge in [-0.3, -0.25) is 15.1 Å². The highest BCUT2D eigenvalue weighted by Crippen LogP contribution is 2.20. The third-order valence-corrected chi connectivity index (χ3v) is 3.52. The molecule has 100 valence electrons. The lowest BCUT2D eigenvalue weighted by Gasteiger charge is -2.10. The van der Waals surface area contributed by atoms with Crippen LogP contribution >= 0.6 is 0 Å². The fraction of sp³-hybridized carbons (Fsp3) is 0.176. The van der Waals surface area contributed by atoms with Crippen molar-refractivity contribution in [2.75, 3.05) is 7.05 Å². The highest BCUT2D eigenvalue weighted by Gasteiger charge is 2.24. The van der Waals surface area contributed by atoms with Crippen LogP contribution in [-0.2, 0) is 11.2 Å². The lowest BCUT2D eigenvalue weighted by molar-refractivity contribution is -0.120. The van der Waals surface area contributed by atoms with Crippen LogP contribution in [0, 0.1) is 0 Å². The Labute approximate surface area is 118 Å². The Hall–Kier alpha value is -2.26. The minimum absolute atomic E-state index is 0.103. The average molecular weight is 264 g/mol. The van der Waals surface area contributed by atoms with Crippen molar-refractivity contribution in [3.63, 3.8) is 0 Å². The summed E-state index contributed by atoms with van der Waals surface area (Å²) >= 11 is 0. The molecule has 3 rings (SSSR count). The summed E-state index contributed by atoms with van der Waals surface area (Å²) in [6.45, 7) is 0. The van der Waals surface area contributed by atoms with Crippen molar-refractivity contribution >= 4 is 11.5 Å². The molecule has 0 saturated heterocycles. The summed E-state index contributed by atoms with van der Waals surface area (Å²) in [5.41, 5.74) is 4.00. The molecule has 1 atom stereocenters. The van der Waals surface area contributed by atoms with Crippen LogP contribution in [0.25, 0.3) is 0 Å². The monoisotopic (exact) mass is 264 g/mol. The predicted octanol–water partition coefficient (Wildman–Crippen LogP) is 2.19. The zero-order chi connectivity index (χ0) is 13.9. The number of Topliss-reactive ketones (excluding diaryl/α,β-unsaturated/α-hetero) is 1. The number of fused-ring (bicyclic) bond motifs is 1. The number of hydrogen-bond acceptors (Lipinski definition) is 3. The number of nitrogens with zero attached hydrogens (tertiary/aromatic N) is 1. The number of ketones is 1.